The Balaban J connectivity index is 1.62. The van der Waals surface area contributed by atoms with E-state index in [9.17, 15) is 9.90 Å². The van der Waals surface area contributed by atoms with Crippen molar-refractivity contribution in [1.29, 1.82) is 0 Å². The highest BCUT2D eigenvalue weighted by Gasteiger charge is 2.20. The molecule has 6 nitrogen and oxygen atoms in total. The van der Waals surface area contributed by atoms with Gasteiger partial charge in [-0.1, -0.05) is 30.3 Å². The zero-order chi connectivity index (χ0) is 20.2. The number of nitrogens with zero attached hydrogens (tertiary/aromatic N) is 1. The number of phenolic OH excluding ortho intramolecular Hbond substituents is 1. The number of hydrogen-bond donors (Lipinski definition) is 1. The molecule has 1 fully saturated rings. The third kappa shape index (κ3) is 4.07. The Bertz CT molecular complexity index is 1040. The highest BCUT2D eigenvalue weighted by molar-refractivity contribution is 5.89. The molecule has 1 aliphatic rings. The van der Waals surface area contributed by atoms with Gasteiger partial charge in [0.2, 0.25) is 5.75 Å². The summed E-state index contributed by atoms with van der Waals surface area (Å²) < 4.78 is 17.1. The van der Waals surface area contributed by atoms with Gasteiger partial charge in [-0.25, -0.2) is 0 Å². The van der Waals surface area contributed by atoms with Crippen molar-refractivity contribution < 1.29 is 19.0 Å². The SMILES string of the molecule is COc1cc2oc(-c3ccccc3)cc(=O)c2c(O)c1OCCCN1CCCC1. The number of benzene rings is 2. The summed E-state index contributed by atoms with van der Waals surface area (Å²) in [5.74, 6) is 0.712. The normalized spacial score (nSPS) is 14.4. The molecule has 0 radical (unpaired) electrons. The third-order valence-electron chi connectivity index (χ3n) is 5.25. The molecule has 0 unspecified atom stereocenters. The lowest BCUT2D eigenvalue weighted by Crippen LogP contribution is -2.22. The van der Waals surface area contributed by atoms with Crippen LogP contribution in [0, 0.1) is 0 Å². The van der Waals surface area contributed by atoms with Crippen LogP contribution in [0.3, 0.4) is 0 Å². The molecule has 4 rings (SSSR count). The van der Waals surface area contributed by atoms with E-state index in [2.05, 4.69) is 4.90 Å². The summed E-state index contributed by atoms with van der Waals surface area (Å²) in [6.07, 6.45) is 3.34. The van der Waals surface area contributed by atoms with Crippen LogP contribution in [0.4, 0.5) is 0 Å². The number of fused-ring (bicyclic) bond motifs is 1. The van der Waals surface area contributed by atoms with Crippen molar-refractivity contribution in [2.24, 2.45) is 0 Å². The summed E-state index contributed by atoms with van der Waals surface area (Å²) >= 11 is 0. The maximum atomic E-state index is 12.7. The maximum Gasteiger partial charge on any atom is 0.204 e. The van der Waals surface area contributed by atoms with E-state index in [-0.39, 0.29) is 27.9 Å². The Morgan fingerprint density at radius 2 is 1.90 bits per heavy atom. The van der Waals surface area contributed by atoms with Crippen LogP contribution in [-0.4, -0.2) is 43.4 Å². The Hall–Kier alpha value is -2.99. The molecular weight excluding hydrogens is 370 g/mol. The van der Waals surface area contributed by atoms with Crippen molar-refractivity contribution in [3.05, 3.63) is 52.7 Å². The van der Waals surface area contributed by atoms with E-state index in [0.717, 1.165) is 31.6 Å². The number of aromatic hydroxyl groups is 1. The molecule has 0 atom stereocenters. The first kappa shape index (κ1) is 19.3. The monoisotopic (exact) mass is 395 g/mol. The Morgan fingerprint density at radius 3 is 2.62 bits per heavy atom. The van der Waals surface area contributed by atoms with Crippen LogP contribution in [0.1, 0.15) is 19.3 Å². The lowest BCUT2D eigenvalue weighted by molar-refractivity contribution is 0.246. The van der Waals surface area contributed by atoms with Gasteiger partial charge in [-0.15, -0.1) is 0 Å². The molecule has 1 saturated heterocycles. The second-order valence-electron chi connectivity index (χ2n) is 7.22. The number of methoxy groups -OCH3 is 1. The van der Waals surface area contributed by atoms with Gasteiger partial charge in [0.1, 0.15) is 16.7 Å². The van der Waals surface area contributed by atoms with Crippen molar-refractivity contribution in [2.45, 2.75) is 19.3 Å². The molecule has 2 aromatic carbocycles. The van der Waals surface area contributed by atoms with Crippen LogP contribution in [-0.2, 0) is 0 Å². The van der Waals surface area contributed by atoms with Gasteiger partial charge < -0.3 is 23.9 Å². The Morgan fingerprint density at radius 1 is 1.14 bits per heavy atom. The second-order valence-corrected chi connectivity index (χ2v) is 7.22. The number of hydrogen-bond acceptors (Lipinski definition) is 6. The zero-order valence-electron chi connectivity index (χ0n) is 16.5. The molecule has 6 heteroatoms. The zero-order valence-corrected chi connectivity index (χ0v) is 16.5. The predicted molar refractivity (Wildman–Crippen MR) is 112 cm³/mol. The van der Waals surface area contributed by atoms with Crippen LogP contribution in [0.25, 0.3) is 22.3 Å². The predicted octanol–water partition coefficient (Wildman–Crippen LogP) is 4.04. The third-order valence-corrected chi connectivity index (χ3v) is 5.25. The summed E-state index contributed by atoms with van der Waals surface area (Å²) in [4.78, 5) is 15.1. The van der Waals surface area contributed by atoms with Crippen LogP contribution in [0.15, 0.2) is 51.7 Å². The molecule has 1 aromatic heterocycles. The maximum absolute atomic E-state index is 12.7. The first-order chi connectivity index (χ1) is 14.2. The fraction of sp³-hybridized carbons (Fsp3) is 0.348. The van der Waals surface area contributed by atoms with E-state index in [1.165, 1.54) is 26.0 Å². The molecule has 0 aliphatic carbocycles. The minimum absolute atomic E-state index is 0.0972. The van der Waals surface area contributed by atoms with Crippen LogP contribution in [0.5, 0.6) is 17.2 Å². The van der Waals surface area contributed by atoms with E-state index in [4.69, 9.17) is 13.9 Å². The fourth-order valence-electron chi connectivity index (χ4n) is 3.77. The van der Waals surface area contributed by atoms with Crippen molar-refractivity contribution in [1.82, 2.24) is 4.90 Å². The molecule has 3 aromatic rings. The minimum Gasteiger partial charge on any atom is -0.504 e. The highest BCUT2D eigenvalue weighted by Crippen LogP contribution is 2.42. The molecular formula is C23H25NO5. The van der Waals surface area contributed by atoms with Gasteiger partial charge in [0.25, 0.3) is 0 Å². The van der Waals surface area contributed by atoms with Gasteiger partial charge in [0.15, 0.2) is 16.9 Å². The van der Waals surface area contributed by atoms with Crippen molar-refractivity contribution in [3.8, 4) is 28.6 Å². The highest BCUT2D eigenvalue weighted by atomic mass is 16.5. The fourth-order valence-corrected chi connectivity index (χ4v) is 3.77. The molecule has 0 amide bonds. The molecule has 152 valence electrons. The summed E-state index contributed by atoms with van der Waals surface area (Å²) in [6.45, 7) is 3.66. The molecule has 1 N–H and O–H groups in total. The molecule has 1 aliphatic heterocycles. The quantitative estimate of drug-likeness (QED) is 0.609. The number of likely N-dealkylation sites (tertiary alicyclic amines) is 1. The Kier molecular flexibility index (Phi) is 5.71. The van der Waals surface area contributed by atoms with Crippen LogP contribution in [0.2, 0.25) is 0 Å². The van der Waals surface area contributed by atoms with Crippen LogP contribution >= 0.6 is 0 Å². The largest absolute Gasteiger partial charge is 0.504 e. The number of rotatable bonds is 7. The van der Waals surface area contributed by atoms with E-state index >= 15 is 0 Å². The number of phenols is 1. The van der Waals surface area contributed by atoms with Gasteiger partial charge in [0, 0.05) is 24.2 Å². The van der Waals surface area contributed by atoms with Gasteiger partial charge in [-0.2, -0.15) is 0 Å². The summed E-state index contributed by atoms with van der Waals surface area (Å²) in [5, 5.41) is 10.8. The molecule has 29 heavy (non-hydrogen) atoms. The lowest BCUT2D eigenvalue weighted by Gasteiger charge is -2.16. The molecule has 0 spiro atoms. The summed E-state index contributed by atoms with van der Waals surface area (Å²) in [6, 6.07) is 12.3. The first-order valence-electron chi connectivity index (χ1n) is 9.96. The summed E-state index contributed by atoms with van der Waals surface area (Å²) in [5.41, 5.74) is 0.717. The molecule has 0 bridgehead atoms. The van der Waals surface area contributed by atoms with Crippen LogP contribution < -0.4 is 14.9 Å². The van der Waals surface area contributed by atoms with Crippen molar-refractivity contribution in [2.75, 3.05) is 33.4 Å². The first-order valence-corrected chi connectivity index (χ1v) is 9.96. The van der Waals surface area contributed by atoms with Crippen molar-refractivity contribution >= 4 is 11.0 Å². The Labute approximate surface area is 169 Å². The van der Waals surface area contributed by atoms with E-state index < -0.39 is 0 Å². The average molecular weight is 395 g/mol. The van der Waals surface area contributed by atoms with E-state index in [0.29, 0.717) is 18.1 Å². The summed E-state index contributed by atoms with van der Waals surface area (Å²) in [7, 11) is 1.50. The molecule has 2 heterocycles. The number of ether oxygens (including phenoxy) is 2. The standard InChI is InChI=1S/C23H25NO5/c1-27-20-15-19-21(17(25)14-18(29-19)16-8-3-2-4-9-16)22(26)23(20)28-13-7-12-24-10-5-6-11-24/h2-4,8-9,14-15,26H,5-7,10-13H2,1H3. The van der Waals surface area contributed by atoms with Gasteiger partial charge >= 0.3 is 0 Å². The van der Waals surface area contributed by atoms with Gasteiger partial charge in [-0.05, 0) is 32.4 Å². The second kappa shape index (κ2) is 8.57. The van der Waals surface area contributed by atoms with E-state index in [1.54, 1.807) is 6.07 Å². The van der Waals surface area contributed by atoms with Gasteiger partial charge in [-0.3, -0.25) is 4.79 Å². The lowest BCUT2D eigenvalue weighted by atomic mass is 10.1. The smallest absolute Gasteiger partial charge is 0.204 e. The minimum atomic E-state index is -0.327. The van der Waals surface area contributed by atoms with Crippen molar-refractivity contribution in [3.63, 3.8) is 0 Å². The topological polar surface area (TPSA) is 72.1 Å². The average Bonchev–Trinajstić information content (AvgIpc) is 3.26. The van der Waals surface area contributed by atoms with E-state index in [1.807, 2.05) is 30.3 Å². The van der Waals surface area contributed by atoms with Gasteiger partial charge in [0.05, 0.1) is 13.7 Å². The molecule has 0 saturated carbocycles.